The molecule has 1 fully saturated rings. The van der Waals surface area contributed by atoms with Crippen LogP contribution in [0.3, 0.4) is 0 Å². The molecule has 0 radical (unpaired) electrons. The fourth-order valence-corrected chi connectivity index (χ4v) is 4.92. The molecule has 10 heteroatoms. The monoisotopic (exact) mass is 437 g/mol. The molecular weight excluding hydrogens is 414 g/mol. The van der Waals surface area contributed by atoms with Gasteiger partial charge in [0.2, 0.25) is 15.9 Å². The summed E-state index contributed by atoms with van der Waals surface area (Å²) in [6, 6.07) is 9.23. The lowest BCUT2D eigenvalue weighted by molar-refractivity contribution is -0.120. The van der Waals surface area contributed by atoms with E-state index in [0.717, 1.165) is 16.9 Å². The highest BCUT2D eigenvalue weighted by atomic mass is 32.2. The lowest BCUT2D eigenvalue weighted by Gasteiger charge is -2.29. The van der Waals surface area contributed by atoms with E-state index in [1.807, 2.05) is 30.3 Å². The first kappa shape index (κ1) is 21.4. The molecule has 1 aliphatic heterocycles. The van der Waals surface area contributed by atoms with Crippen molar-refractivity contribution in [1.29, 1.82) is 0 Å². The minimum absolute atomic E-state index is 0.220. The largest absolute Gasteiger partial charge is 0.462 e. The number of aromatic nitrogens is 1. The summed E-state index contributed by atoms with van der Waals surface area (Å²) < 4.78 is 29.7. The van der Waals surface area contributed by atoms with Gasteiger partial charge in [-0.2, -0.15) is 0 Å². The van der Waals surface area contributed by atoms with Crippen molar-refractivity contribution in [3.63, 3.8) is 0 Å². The number of hydrogen-bond donors (Lipinski definition) is 1. The van der Waals surface area contributed by atoms with Crippen LogP contribution in [0.4, 0.5) is 5.13 Å². The molecule has 0 unspecified atom stereocenters. The Morgan fingerprint density at radius 3 is 2.48 bits per heavy atom. The molecular formula is C19H23N3O5S2. The number of hydrogen-bond acceptors (Lipinski definition) is 7. The molecule has 2 heterocycles. The number of carbonyl (C=O) groups excluding carboxylic acids is 2. The molecule has 0 saturated carbocycles. The quantitative estimate of drug-likeness (QED) is 0.697. The molecule has 1 aromatic carbocycles. The van der Waals surface area contributed by atoms with E-state index in [1.165, 1.54) is 10.6 Å². The molecule has 156 valence electrons. The molecule has 0 spiro atoms. The van der Waals surface area contributed by atoms with Crippen LogP contribution >= 0.6 is 11.3 Å². The van der Waals surface area contributed by atoms with Crippen molar-refractivity contribution in [3.05, 3.63) is 35.2 Å². The molecule has 3 rings (SSSR count). The van der Waals surface area contributed by atoms with Crippen molar-refractivity contribution in [3.8, 4) is 11.3 Å². The van der Waals surface area contributed by atoms with E-state index in [9.17, 15) is 18.0 Å². The zero-order chi connectivity index (χ0) is 21.0. The van der Waals surface area contributed by atoms with Gasteiger partial charge < -0.3 is 10.1 Å². The molecule has 1 N–H and O–H groups in total. The van der Waals surface area contributed by atoms with Crippen LogP contribution in [0.15, 0.2) is 30.3 Å². The zero-order valence-electron chi connectivity index (χ0n) is 16.3. The highest BCUT2D eigenvalue weighted by Gasteiger charge is 2.30. The predicted octanol–water partition coefficient (Wildman–Crippen LogP) is 2.60. The van der Waals surface area contributed by atoms with Gasteiger partial charge in [0.05, 0.1) is 18.6 Å². The predicted molar refractivity (Wildman–Crippen MR) is 111 cm³/mol. The Kier molecular flexibility index (Phi) is 6.66. The van der Waals surface area contributed by atoms with E-state index in [0.29, 0.717) is 41.6 Å². The number of amides is 1. The van der Waals surface area contributed by atoms with E-state index < -0.39 is 16.0 Å². The smallest absolute Gasteiger partial charge is 0.350 e. The van der Waals surface area contributed by atoms with Gasteiger partial charge in [-0.1, -0.05) is 41.7 Å². The highest BCUT2D eigenvalue weighted by Crippen LogP contribution is 2.32. The first-order chi connectivity index (χ1) is 13.8. The van der Waals surface area contributed by atoms with E-state index in [4.69, 9.17) is 4.74 Å². The van der Waals surface area contributed by atoms with Crippen LogP contribution in [0, 0.1) is 5.92 Å². The molecule has 0 aliphatic carbocycles. The van der Waals surface area contributed by atoms with Crippen molar-refractivity contribution in [2.24, 2.45) is 5.92 Å². The van der Waals surface area contributed by atoms with Gasteiger partial charge in [-0.25, -0.2) is 22.5 Å². The van der Waals surface area contributed by atoms with Gasteiger partial charge in [-0.15, -0.1) is 0 Å². The summed E-state index contributed by atoms with van der Waals surface area (Å²) in [5.74, 6) is -1.00. The number of rotatable bonds is 6. The van der Waals surface area contributed by atoms with Crippen LogP contribution in [0.5, 0.6) is 0 Å². The fourth-order valence-electron chi connectivity index (χ4n) is 3.16. The summed E-state index contributed by atoms with van der Waals surface area (Å²) in [7, 11) is -3.24. The highest BCUT2D eigenvalue weighted by molar-refractivity contribution is 7.88. The molecule has 8 nitrogen and oxygen atoms in total. The van der Waals surface area contributed by atoms with Crippen LogP contribution in [0.1, 0.15) is 29.4 Å². The maximum Gasteiger partial charge on any atom is 0.350 e. The molecule has 0 bridgehead atoms. The Morgan fingerprint density at radius 2 is 1.90 bits per heavy atom. The number of anilines is 1. The van der Waals surface area contributed by atoms with E-state index >= 15 is 0 Å². The molecule has 1 saturated heterocycles. The minimum Gasteiger partial charge on any atom is -0.462 e. The number of esters is 1. The average Bonchev–Trinajstić information content (AvgIpc) is 3.12. The Labute approximate surface area is 173 Å². The molecule has 2 aromatic rings. The van der Waals surface area contributed by atoms with Gasteiger partial charge in [0, 0.05) is 24.6 Å². The van der Waals surface area contributed by atoms with Gasteiger partial charge in [-0.05, 0) is 19.8 Å². The fraction of sp³-hybridized carbons (Fsp3) is 0.421. The Bertz CT molecular complexity index is 981. The average molecular weight is 438 g/mol. The topological polar surface area (TPSA) is 106 Å². The van der Waals surface area contributed by atoms with Crippen LogP contribution in [-0.2, 0) is 19.6 Å². The van der Waals surface area contributed by atoms with E-state index in [-0.39, 0.29) is 18.4 Å². The lowest BCUT2D eigenvalue weighted by Crippen LogP contribution is -2.40. The van der Waals surface area contributed by atoms with Crippen molar-refractivity contribution < 1.29 is 22.7 Å². The number of carbonyl (C=O) groups is 2. The van der Waals surface area contributed by atoms with Crippen LogP contribution < -0.4 is 5.32 Å². The summed E-state index contributed by atoms with van der Waals surface area (Å²) in [6.45, 7) is 2.61. The number of thiazole rings is 1. The number of nitrogens with one attached hydrogen (secondary N) is 1. The third-order valence-electron chi connectivity index (χ3n) is 4.66. The molecule has 1 amide bonds. The Morgan fingerprint density at radius 1 is 1.24 bits per heavy atom. The van der Waals surface area contributed by atoms with E-state index in [2.05, 4.69) is 10.3 Å². The number of nitrogens with zero attached hydrogens (tertiary/aromatic N) is 2. The summed E-state index contributed by atoms with van der Waals surface area (Å²) in [4.78, 5) is 29.8. The maximum atomic E-state index is 12.6. The van der Waals surface area contributed by atoms with Crippen LogP contribution in [0.2, 0.25) is 0 Å². The van der Waals surface area contributed by atoms with Gasteiger partial charge in [-0.3, -0.25) is 4.79 Å². The lowest BCUT2D eigenvalue weighted by atomic mass is 9.97. The second-order valence-corrected chi connectivity index (χ2v) is 9.69. The number of benzene rings is 1. The minimum atomic E-state index is -3.24. The maximum absolute atomic E-state index is 12.6. The van der Waals surface area contributed by atoms with Crippen molar-refractivity contribution in [2.75, 3.05) is 31.3 Å². The molecule has 0 atom stereocenters. The van der Waals surface area contributed by atoms with Crippen LogP contribution in [-0.4, -0.2) is 55.5 Å². The third kappa shape index (κ3) is 5.20. The standard InChI is InChI=1S/C19H23N3O5S2/c1-3-27-18(24)16-15(13-7-5-4-6-8-13)20-19(28-16)21-17(23)14-9-11-22(12-10-14)29(2,25)26/h4-8,14H,3,9-12H2,1-2H3,(H,20,21,23). The first-order valence-electron chi connectivity index (χ1n) is 9.29. The van der Waals surface area contributed by atoms with Crippen molar-refractivity contribution in [2.45, 2.75) is 19.8 Å². The molecule has 1 aromatic heterocycles. The third-order valence-corrected chi connectivity index (χ3v) is 6.91. The summed E-state index contributed by atoms with van der Waals surface area (Å²) in [5.41, 5.74) is 1.23. The van der Waals surface area contributed by atoms with Crippen LogP contribution in [0.25, 0.3) is 11.3 Å². The van der Waals surface area contributed by atoms with Crippen molar-refractivity contribution in [1.82, 2.24) is 9.29 Å². The van der Waals surface area contributed by atoms with Crippen molar-refractivity contribution >= 4 is 38.4 Å². The second kappa shape index (κ2) is 9.02. The van der Waals surface area contributed by atoms with Gasteiger partial charge in [0.1, 0.15) is 4.88 Å². The first-order valence-corrected chi connectivity index (χ1v) is 12.0. The summed E-state index contributed by atoms with van der Waals surface area (Å²) in [5, 5.41) is 3.11. The second-order valence-electron chi connectivity index (χ2n) is 6.71. The van der Waals surface area contributed by atoms with Gasteiger partial charge in [0.25, 0.3) is 0 Å². The number of piperidine rings is 1. The number of ether oxygens (including phenoxy) is 1. The summed E-state index contributed by atoms with van der Waals surface area (Å²) >= 11 is 1.08. The summed E-state index contributed by atoms with van der Waals surface area (Å²) in [6.07, 6.45) is 2.06. The number of sulfonamides is 1. The van der Waals surface area contributed by atoms with Gasteiger partial charge >= 0.3 is 5.97 Å². The zero-order valence-corrected chi connectivity index (χ0v) is 17.9. The SMILES string of the molecule is CCOC(=O)c1sc(NC(=O)C2CCN(S(C)(=O)=O)CC2)nc1-c1ccccc1. The Hall–Kier alpha value is -2.30. The Balaban J connectivity index is 1.76. The van der Waals surface area contributed by atoms with E-state index in [1.54, 1.807) is 6.92 Å². The normalized spacial score (nSPS) is 15.8. The molecule has 29 heavy (non-hydrogen) atoms. The van der Waals surface area contributed by atoms with Gasteiger partial charge in [0.15, 0.2) is 5.13 Å². The molecule has 1 aliphatic rings.